The molecule has 0 saturated heterocycles. The van der Waals surface area contributed by atoms with Crippen LogP contribution in [0.25, 0.3) is 0 Å². The lowest BCUT2D eigenvalue weighted by atomic mass is 10.0. The Morgan fingerprint density at radius 1 is 1.02 bits per heavy atom. The number of alkyl halides is 2. The monoisotopic (exact) mass is 753 g/mol. The van der Waals surface area contributed by atoms with Gasteiger partial charge in [-0.1, -0.05) is 20.8 Å². The third-order valence-electron chi connectivity index (χ3n) is 9.05. The van der Waals surface area contributed by atoms with Crippen molar-refractivity contribution in [2.24, 2.45) is 0 Å². The van der Waals surface area contributed by atoms with Crippen LogP contribution in [0.1, 0.15) is 130 Å². The van der Waals surface area contributed by atoms with Crippen molar-refractivity contribution in [3.8, 4) is 5.88 Å². The van der Waals surface area contributed by atoms with Gasteiger partial charge in [-0.25, -0.2) is 32.9 Å². The van der Waals surface area contributed by atoms with Crippen LogP contribution in [0.2, 0.25) is 18.1 Å². The van der Waals surface area contributed by atoms with Gasteiger partial charge in [0.25, 0.3) is 5.92 Å². The van der Waals surface area contributed by atoms with E-state index in [1.54, 1.807) is 46.2 Å². The molecule has 1 aliphatic rings. The summed E-state index contributed by atoms with van der Waals surface area (Å²) in [5.74, 6) is -3.61. The standard InChI is InChI=1S/C38H63F2N5O6Si/c1-25(42-32(46)49-35(5,6)7)38(39,40)19-21-48-30-23-27(18-20-41-30)44(33(47)50-36(8,9)10)31-24-29(43-45(31)34(2,3)4)26-16-17-28(22-26)51-52(14,15)37(11,12)13/h18,20,23-26,28H,16-17,19,21-22H2,1-15H3,(H,42,46)/t25-,26-,28+/m0/s1/i21D2. The zero-order valence-electron chi connectivity index (χ0n) is 35.9. The van der Waals surface area contributed by atoms with Crippen molar-refractivity contribution in [3.63, 3.8) is 0 Å². The van der Waals surface area contributed by atoms with E-state index < -0.39 is 62.2 Å². The largest absolute Gasteiger partial charge is 0.477 e. The lowest BCUT2D eigenvalue weighted by molar-refractivity contribution is -0.0505. The number of carbonyl (C=O) groups is 2. The zero-order chi connectivity index (χ0) is 41.5. The fraction of sp³-hybridized carbons (Fsp3) is 0.737. The molecule has 2 heterocycles. The van der Waals surface area contributed by atoms with Crippen LogP contribution < -0.4 is 15.0 Å². The molecule has 0 spiro atoms. The second-order valence-corrected chi connectivity index (χ2v) is 23.0. The molecule has 0 bridgehead atoms. The Labute approximate surface area is 313 Å². The maximum atomic E-state index is 15.2. The number of aromatic nitrogens is 3. The average molecular weight is 754 g/mol. The predicted octanol–water partition coefficient (Wildman–Crippen LogP) is 10.1. The molecule has 3 rings (SSSR count). The minimum Gasteiger partial charge on any atom is -0.477 e. The van der Waals surface area contributed by atoms with E-state index in [2.05, 4.69) is 44.2 Å². The molecule has 0 unspecified atom stereocenters. The quantitative estimate of drug-likeness (QED) is 0.226. The minimum atomic E-state index is -3.74. The van der Waals surface area contributed by atoms with Gasteiger partial charge in [0.1, 0.15) is 17.0 Å². The van der Waals surface area contributed by atoms with Crippen molar-refractivity contribution >= 4 is 32.0 Å². The van der Waals surface area contributed by atoms with E-state index in [0.29, 0.717) is 5.82 Å². The summed E-state index contributed by atoms with van der Waals surface area (Å²) in [6, 6.07) is 2.90. The van der Waals surface area contributed by atoms with Crippen molar-refractivity contribution in [3.05, 3.63) is 30.1 Å². The number of alkyl carbamates (subject to hydrolysis) is 1. The molecule has 3 atom stereocenters. The molecule has 1 aliphatic carbocycles. The van der Waals surface area contributed by atoms with E-state index >= 15 is 8.78 Å². The number of carbonyl (C=O) groups excluding carboxylic acids is 2. The maximum Gasteiger partial charge on any atom is 0.420 e. The molecule has 2 aromatic rings. The summed E-state index contributed by atoms with van der Waals surface area (Å²) in [5, 5.41) is 7.19. The summed E-state index contributed by atoms with van der Waals surface area (Å²) >= 11 is 0. The van der Waals surface area contributed by atoms with Crippen LogP contribution in [-0.4, -0.2) is 71.1 Å². The van der Waals surface area contributed by atoms with Gasteiger partial charge in [-0.3, -0.25) is 0 Å². The highest BCUT2D eigenvalue weighted by Gasteiger charge is 2.42. The van der Waals surface area contributed by atoms with Crippen molar-refractivity contribution < 1.29 is 39.7 Å². The highest BCUT2D eigenvalue weighted by atomic mass is 28.4. The van der Waals surface area contributed by atoms with Crippen LogP contribution in [0.5, 0.6) is 5.88 Å². The first-order valence-corrected chi connectivity index (χ1v) is 20.9. The summed E-state index contributed by atoms with van der Waals surface area (Å²) in [7, 11) is -2.00. The molecule has 1 fully saturated rings. The van der Waals surface area contributed by atoms with Crippen LogP contribution in [0.4, 0.5) is 29.9 Å². The summed E-state index contributed by atoms with van der Waals surface area (Å²) in [6.45, 7) is 25.2. The Hall–Kier alpha value is -3.26. The Morgan fingerprint density at radius 3 is 2.19 bits per heavy atom. The van der Waals surface area contributed by atoms with Gasteiger partial charge in [-0.15, -0.1) is 0 Å². The minimum absolute atomic E-state index is 0.0744. The van der Waals surface area contributed by atoms with Gasteiger partial charge in [-0.05, 0) is 113 Å². The smallest absolute Gasteiger partial charge is 0.420 e. The number of hydrogen-bond donors (Lipinski definition) is 1. The highest BCUT2D eigenvalue weighted by Crippen LogP contribution is 2.44. The first kappa shape index (κ1) is 39.9. The van der Waals surface area contributed by atoms with Gasteiger partial charge in [0.15, 0.2) is 8.32 Å². The molecule has 294 valence electrons. The van der Waals surface area contributed by atoms with Gasteiger partial charge in [0.2, 0.25) is 5.88 Å². The molecule has 14 heteroatoms. The third kappa shape index (κ3) is 11.9. The van der Waals surface area contributed by atoms with Crippen molar-refractivity contribution in [2.75, 3.05) is 11.5 Å². The van der Waals surface area contributed by atoms with Crippen molar-refractivity contribution in [1.29, 1.82) is 0 Å². The fourth-order valence-electron chi connectivity index (χ4n) is 5.33. The maximum absolute atomic E-state index is 15.2. The number of ether oxygens (including phenoxy) is 3. The molecule has 0 aliphatic heterocycles. The predicted molar refractivity (Wildman–Crippen MR) is 202 cm³/mol. The Morgan fingerprint density at radius 2 is 1.63 bits per heavy atom. The molecule has 2 aromatic heterocycles. The topological polar surface area (TPSA) is 117 Å². The summed E-state index contributed by atoms with van der Waals surface area (Å²) in [4.78, 5) is 31.6. The van der Waals surface area contributed by atoms with Gasteiger partial charge in [0, 0.05) is 36.8 Å². The third-order valence-corrected chi connectivity index (χ3v) is 13.6. The Bertz CT molecular complexity index is 1630. The Kier molecular flexibility index (Phi) is 12.0. The van der Waals surface area contributed by atoms with E-state index in [1.165, 1.54) is 23.2 Å². The van der Waals surface area contributed by atoms with Crippen LogP contribution in [0.3, 0.4) is 0 Å². The SMILES string of the molecule is [2H]C([2H])(CC(F)(F)[C@H](C)NC(=O)OC(C)(C)C)Oc1cc(N(C(=O)OC(C)(C)C)c2cc([C@H]3CC[C@@H](O[Si](C)(C)C(C)(C)C)C3)nn2C(C)(C)C)ccn1. The first-order valence-electron chi connectivity index (χ1n) is 19.0. The van der Waals surface area contributed by atoms with Gasteiger partial charge in [-0.2, -0.15) is 5.10 Å². The number of nitrogens with zero attached hydrogens (tertiary/aromatic N) is 4. The number of amides is 2. The molecule has 1 N–H and O–H groups in total. The van der Waals surface area contributed by atoms with Crippen molar-refractivity contribution in [2.45, 2.75) is 175 Å². The van der Waals surface area contributed by atoms with Crippen LogP contribution in [0, 0.1) is 0 Å². The molecular weight excluding hydrogens is 689 g/mol. The van der Waals surface area contributed by atoms with Gasteiger partial charge in [0.05, 0.1) is 32.3 Å². The molecule has 0 radical (unpaired) electrons. The highest BCUT2D eigenvalue weighted by molar-refractivity contribution is 6.74. The van der Waals surface area contributed by atoms with Crippen LogP contribution >= 0.6 is 0 Å². The number of pyridine rings is 1. The zero-order valence-corrected chi connectivity index (χ0v) is 34.9. The van der Waals surface area contributed by atoms with Crippen LogP contribution in [-0.2, 0) is 19.4 Å². The number of rotatable bonds is 11. The van der Waals surface area contributed by atoms with Gasteiger partial charge >= 0.3 is 12.2 Å². The first-order chi connectivity index (χ1) is 24.2. The molecule has 1 saturated carbocycles. The summed E-state index contributed by atoms with van der Waals surface area (Å²) in [5.41, 5.74) is -1.40. The second kappa shape index (κ2) is 15.6. The van der Waals surface area contributed by atoms with E-state index in [4.69, 9.17) is 26.5 Å². The van der Waals surface area contributed by atoms with Gasteiger partial charge < -0.3 is 24.0 Å². The molecular formula is C38H63F2N5O6Si. The molecule has 0 aromatic carbocycles. The lowest BCUT2D eigenvalue weighted by Gasteiger charge is -2.38. The summed E-state index contributed by atoms with van der Waals surface area (Å²) in [6.07, 6.45) is 0.730. The fourth-order valence-corrected chi connectivity index (χ4v) is 6.73. The number of halogens is 2. The molecule has 52 heavy (non-hydrogen) atoms. The number of anilines is 2. The normalized spacial score (nSPS) is 19.0. The average Bonchev–Trinajstić information content (AvgIpc) is 3.57. The number of hydrogen-bond acceptors (Lipinski definition) is 8. The number of nitrogens with one attached hydrogen (secondary N) is 1. The van der Waals surface area contributed by atoms with E-state index in [1.807, 2.05) is 26.8 Å². The molecule has 11 nitrogen and oxygen atoms in total. The lowest BCUT2D eigenvalue weighted by Crippen LogP contribution is -2.47. The van der Waals surface area contributed by atoms with Crippen LogP contribution in [0.15, 0.2) is 24.4 Å². The van der Waals surface area contributed by atoms with E-state index in [9.17, 15) is 9.59 Å². The second-order valence-electron chi connectivity index (χ2n) is 18.2. The van der Waals surface area contributed by atoms with E-state index in [-0.39, 0.29) is 28.6 Å². The van der Waals surface area contributed by atoms with E-state index in [0.717, 1.165) is 31.9 Å². The summed E-state index contributed by atoms with van der Waals surface area (Å²) < 4.78 is 72.1. The molecule has 2 amide bonds. The van der Waals surface area contributed by atoms with Crippen molar-refractivity contribution in [1.82, 2.24) is 20.1 Å². The Balaban J connectivity index is 1.98.